The molecule has 2 amide bonds. The van der Waals surface area contributed by atoms with Crippen molar-refractivity contribution in [2.24, 2.45) is 0 Å². The van der Waals surface area contributed by atoms with Gasteiger partial charge in [0.2, 0.25) is 0 Å². The molecule has 2 N–H and O–H groups in total. The van der Waals surface area contributed by atoms with E-state index in [1.807, 2.05) is 17.0 Å². The van der Waals surface area contributed by atoms with Crippen LogP contribution in [-0.4, -0.2) is 34.8 Å². The Morgan fingerprint density at radius 1 is 1.04 bits per heavy atom. The lowest BCUT2D eigenvalue weighted by Gasteiger charge is -2.26. The van der Waals surface area contributed by atoms with Crippen molar-refractivity contribution >= 4 is 11.8 Å². The number of H-pyrrole nitrogens is 1. The number of nitrogens with zero attached hydrogens (tertiary/aromatic N) is 1. The summed E-state index contributed by atoms with van der Waals surface area (Å²) < 4.78 is 0. The van der Waals surface area contributed by atoms with Crippen LogP contribution in [0.2, 0.25) is 0 Å². The van der Waals surface area contributed by atoms with Gasteiger partial charge in [-0.05, 0) is 49.1 Å². The van der Waals surface area contributed by atoms with Crippen LogP contribution in [0.4, 0.5) is 0 Å². The first kappa shape index (κ1) is 17.0. The minimum atomic E-state index is -0.421. The van der Waals surface area contributed by atoms with Gasteiger partial charge in [0.1, 0.15) is 5.56 Å². The van der Waals surface area contributed by atoms with Gasteiger partial charge in [-0.3, -0.25) is 14.4 Å². The van der Waals surface area contributed by atoms with Crippen molar-refractivity contribution in [2.75, 3.05) is 13.1 Å². The van der Waals surface area contributed by atoms with Crippen LogP contribution in [0.3, 0.4) is 0 Å². The number of carbonyl (C=O) groups is 2. The lowest BCUT2D eigenvalue weighted by atomic mass is 10.1. The van der Waals surface area contributed by atoms with Gasteiger partial charge < -0.3 is 15.2 Å². The van der Waals surface area contributed by atoms with Crippen molar-refractivity contribution in [3.63, 3.8) is 0 Å². The summed E-state index contributed by atoms with van der Waals surface area (Å²) >= 11 is 0. The number of nitrogens with one attached hydrogen (secondary N) is 2. The van der Waals surface area contributed by atoms with Crippen LogP contribution < -0.4 is 10.9 Å². The second kappa shape index (κ2) is 7.79. The van der Waals surface area contributed by atoms with Gasteiger partial charge in [-0.1, -0.05) is 12.1 Å². The molecule has 0 unspecified atom stereocenters. The third-order valence-electron chi connectivity index (χ3n) is 4.36. The van der Waals surface area contributed by atoms with Gasteiger partial charge in [0.15, 0.2) is 0 Å². The predicted octanol–water partition coefficient (Wildman–Crippen LogP) is 1.93. The second-order valence-corrected chi connectivity index (χ2v) is 6.15. The first-order chi connectivity index (χ1) is 12.1. The molecule has 3 rings (SSSR count). The van der Waals surface area contributed by atoms with Crippen molar-refractivity contribution in [1.82, 2.24) is 15.2 Å². The smallest absolute Gasteiger partial charge is 0.260 e. The van der Waals surface area contributed by atoms with E-state index >= 15 is 0 Å². The zero-order valence-corrected chi connectivity index (χ0v) is 14.0. The molecule has 0 bridgehead atoms. The molecular formula is C19H21N3O3. The number of likely N-dealkylation sites (tertiary alicyclic amines) is 1. The lowest BCUT2D eigenvalue weighted by Crippen LogP contribution is -2.35. The van der Waals surface area contributed by atoms with Crippen molar-refractivity contribution in [2.45, 2.75) is 25.8 Å². The molecule has 0 saturated carbocycles. The van der Waals surface area contributed by atoms with Gasteiger partial charge >= 0.3 is 0 Å². The Kier molecular flexibility index (Phi) is 5.28. The van der Waals surface area contributed by atoms with E-state index in [1.165, 1.54) is 18.7 Å². The quantitative estimate of drug-likeness (QED) is 0.893. The highest BCUT2D eigenvalue weighted by atomic mass is 16.2. The summed E-state index contributed by atoms with van der Waals surface area (Å²) in [5.41, 5.74) is 1.20. The molecule has 2 heterocycles. The maximum absolute atomic E-state index is 12.4. The third-order valence-corrected chi connectivity index (χ3v) is 4.36. The van der Waals surface area contributed by atoms with E-state index in [2.05, 4.69) is 10.3 Å². The molecule has 1 aliphatic heterocycles. The number of carbonyl (C=O) groups excluding carboxylic acids is 2. The van der Waals surface area contributed by atoms with Gasteiger partial charge in [0.25, 0.3) is 17.4 Å². The van der Waals surface area contributed by atoms with E-state index in [0.29, 0.717) is 12.1 Å². The van der Waals surface area contributed by atoms with Crippen LogP contribution >= 0.6 is 0 Å². The van der Waals surface area contributed by atoms with Crippen LogP contribution in [0.15, 0.2) is 47.4 Å². The standard InChI is InChI=1S/C19H21N3O3/c23-17-16(5-4-10-20-17)18(24)21-13-14-6-8-15(9-7-14)19(25)22-11-2-1-3-12-22/h4-10H,1-3,11-13H2,(H,20,23)(H,21,24). The lowest BCUT2D eigenvalue weighted by molar-refractivity contribution is 0.0724. The molecule has 1 aromatic heterocycles. The molecule has 130 valence electrons. The summed E-state index contributed by atoms with van der Waals surface area (Å²) in [6.45, 7) is 1.94. The molecule has 6 heteroatoms. The molecule has 0 aliphatic carbocycles. The molecule has 25 heavy (non-hydrogen) atoms. The normalized spacial score (nSPS) is 14.2. The third kappa shape index (κ3) is 4.15. The Labute approximate surface area is 145 Å². The van der Waals surface area contributed by atoms with Gasteiger partial charge in [-0.25, -0.2) is 0 Å². The first-order valence-electron chi connectivity index (χ1n) is 8.49. The highest BCUT2D eigenvalue weighted by Gasteiger charge is 2.18. The number of benzene rings is 1. The zero-order valence-electron chi connectivity index (χ0n) is 14.0. The Morgan fingerprint density at radius 2 is 1.76 bits per heavy atom. The van der Waals surface area contributed by atoms with Crippen molar-refractivity contribution in [3.05, 3.63) is 69.6 Å². The second-order valence-electron chi connectivity index (χ2n) is 6.15. The number of pyridine rings is 1. The van der Waals surface area contributed by atoms with E-state index in [4.69, 9.17) is 0 Å². The van der Waals surface area contributed by atoms with Gasteiger partial charge in [0, 0.05) is 31.4 Å². The molecule has 1 aromatic carbocycles. The van der Waals surface area contributed by atoms with E-state index in [1.54, 1.807) is 18.2 Å². The van der Waals surface area contributed by atoms with E-state index in [0.717, 1.165) is 31.5 Å². The van der Waals surface area contributed by atoms with Crippen LogP contribution in [0.1, 0.15) is 45.5 Å². The van der Waals surface area contributed by atoms with Crippen molar-refractivity contribution in [3.8, 4) is 0 Å². The predicted molar refractivity (Wildman–Crippen MR) is 94.4 cm³/mol. The van der Waals surface area contributed by atoms with Gasteiger partial charge in [-0.15, -0.1) is 0 Å². The van der Waals surface area contributed by atoms with E-state index < -0.39 is 11.5 Å². The minimum Gasteiger partial charge on any atom is -0.348 e. The maximum atomic E-state index is 12.4. The molecule has 1 saturated heterocycles. The molecule has 6 nitrogen and oxygen atoms in total. The number of hydrogen-bond donors (Lipinski definition) is 2. The van der Waals surface area contributed by atoms with Crippen molar-refractivity contribution < 1.29 is 9.59 Å². The average Bonchev–Trinajstić information content (AvgIpc) is 2.67. The minimum absolute atomic E-state index is 0.0612. The fourth-order valence-corrected chi connectivity index (χ4v) is 2.92. The van der Waals surface area contributed by atoms with Crippen LogP contribution in [0, 0.1) is 0 Å². The van der Waals surface area contributed by atoms with Crippen LogP contribution in [0.5, 0.6) is 0 Å². The summed E-state index contributed by atoms with van der Waals surface area (Å²) in [7, 11) is 0. The maximum Gasteiger partial charge on any atom is 0.260 e. The SMILES string of the molecule is O=C(NCc1ccc(C(=O)N2CCCCC2)cc1)c1ccc[nH]c1=O. The highest BCUT2D eigenvalue weighted by molar-refractivity contribution is 5.94. The number of hydrogen-bond acceptors (Lipinski definition) is 3. The van der Waals surface area contributed by atoms with E-state index in [9.17, 15) is 14.4 Å². The van der Waals surface area contributed by atoms with Gasteiger partial charge in [-0.2, -0.15) is 0 Å². The zero-order chi connectivity index (χ0) is 17.6. The fraction of sp³-hybridized carbons (Fsp3) is 0.316. The van der Waals surface area contributed by atoms with Crippen LogP contribution in [0.25, 0.3) is 0 Å². The fourth-order valence-electron chi connectivity index (χ4n) is 2.92. The molecular weight excluding hydrogens is 318 g/mol. The summed E-state index contributed by atoms with van der Waals surface area (Å²) in [6, 6.07) is 10.3. The number of rotatable bonds is 4. The Balaban J connectivity index is 1.59. The highest BCUT2D eigenvalue weighted by Crippen LogP contribution is 2.14. The summed E-state index contributed by atoms with van der Waals surface area (Å²) in [5, 5.41) is 2.71. The van der Waals surface area contributed by atoms with Crippen LogP contribution in [-0.2, 0) is 6.54 Å². The number of aromatic nitrogens is 1. The summed E-state index contributed by atoms with van der Waals surface area (Å²) in [5.74, 6) is -0.360. The number of amides is 2. The van der Waals surface area contributed by atoms with E-state index in [-0.39, 0.29) is 11.5 Å². The summed E-state index contributed by atoms with van der Waals surface area (Å²) in [6.07, 6.45) is 4.80. The molecule has 2 aromatic rings. The molecule has 0 spiro atoms. The Hall–Kier alpha value is -2.89. The number of piperidine rings is 1. The number of aromatic amines is 1. The van der Waals surface area contributed by atoms with Gasteiger partial charge in [0.05, 0.1) is 0 Å². The molecule has 0 radical (unpaired) electrons. The average molecular weight is 339 g/mol. The first-order valence-corrected chi connectivity index (χ1v) is 8.49. The topological polar surface area (TPSA) is 82.3 Å². The Bertz CT molecular complexity index is 805. The van der Waals surface area contributed by atoms with Crippen molar-refractivity contribution in [1.29, 1.82) is 0 Å². The Morgan fingerprint density at radius 3 is 2.44 bits per heavy atom. The molecule has 1 aliphatic rings. The largest absolute Gasteiger partial charge is 0.348 e. The summed E-state index contributed by atoms with van der Waals surface area (Å²) in [4.78, 5) is 40.4. The molecule has 1 fully saturated rings. The molecule has 0 atom stereocenters. The monoisotopic (exact) mass is 339 g/mol.